The van der Waals surface area contributed by atoms with Gasteiger partial charge in [-0.2, -0.15) is 0 Å². The number of hydrogen-bond donors (Lipinski definition) is 1. The van der Waals surface area contributed by atoms with Crippen LogP contribution in [-0.2, 0) is 4.74 Å². The Morgan fingerprint density at radius 3 is 3.08 bits per heavy atom. The fraction of sp³-hybridized carbons (Fsp3) is 0.889. The van der Waals surface area contributed by atoms with Crippen LogP contribution in [-0.4, -0.2) is 25.1 Å². The zero-order chi connectivity index (χ0) is 8.81. The average Bonchev–Trinajstić information content (AvgIpc) is 2.57. The molecular weight excluding hydrogens is 152 g/mol. The summed E-state index contributed by atoms with van der Waals surface area (Å²) in [5.74, 6) is 0.757. The highest BCUT2D eigenvalue weighted by Crippen LogP contribution is 2.14. The van der Waals surface area contributed by atoms with E-state index in [0.717, 1.165) is 31.8 Å². The number of hydrogen-bond acceptors (Lipinski definition) is 2. The van der Waals surface area contributed by atoms with Gasteiger partial charge < -0.3 is 10.5 Å². The van der Waals surface area contributed by atoms with Crippen LogP contribution >= 0.6 is 0 Å². The summed E-state index contributed by atoms with van der Waals surface area (Å²) in [6, 6.07) is 0. The molecule has 0 aromatic rings. The molecule has 0 saturated carbocycles. The third-order valence-electron chi connectivity index (χ3n) is 2.15. The molecule has 1 aliphatic rings. The number of aliphatic imine (C=N–C) groups is 1. The zero-order valence-corrected chi connectivity index (χ0v) is 7.75. The maximum atomic E-state index is 5.57. The topological polar surface area (TPSA) is 47.6 Å². The second kappa shape index (κ2) is 5.14. The number of ether oxygens (including phenoxy) is 1. The van der Waals surface area contributed by atoms with E-state index in [0.29, 0.717) is 6.10 Å². The molecule has 1 heterocycles. The lowest BCUT2D eigenvalue weighted by Gasteiger charge is -2.06. The molecule has 1 fully saturated rings. The second-order valence-electron chi connectivity index (χ2n) is 3.15. The van der Waals surface area contributed by atoms with Crippen molar-refractivity contribution in [1.82, 2.24) is 0 Å². The molecule has 1 rings (SSSR count). The van der Waals surface area contributed by atoms with Crippen molar-refractivity contribution in [1.29, 1.82) is 0 Å². The summed E-state index contributed by atoms with van der Waals surface area (Å²) in [6.07, 6.45) is 4.73. The number of amidine groups is 1. The molecule has 1 aliphatic heterocycles. The number of rotatable bonds is 4. The van der Waals surface area contributed by atoms with Crippen molar-refractivity contribution >= 4 is 5.84 Å². The Labute approximate surface area is 74.0 Å². The highest BCUT2D eigenvalue weighted by molar-refractivity contribution is 5.79. The molecule has 3 heteroatoms. The minimum absolute atomic E-state index is 0.443. The Morgan fingerprint density at radius 2 is 2.50 bits per heavy atom. The van der Waals surface area contributed by atoms with Crippen LogP contribution in [0, 0.1) is 0 Å². The minimum atomic E-state index is 0.443. The Kier molecular flexibility index (Phi) is 4.08. The van der Waals surface area contributed by atoms with E-state index in [2.05, 4.69) is 4.99 Å². The van der Waals surface area contributed by atoms with Crippen molar-refractivity contribution < 1.29 is 4.74 Å². The quantitative estimate of drug-likeness (QED) is 0.511. The first kappa shape index (κ1) is 9.52. The summed E-state index contributed by atoms with van der Waals surface area (Å²) in [5.41, 5.74) is 5.57. The summed E-state index contributed by atoms with van der Waals surface area (Å²) in [5, 5.41) is 0. The first-order valence-corrected chi connectivity index (χ1v) is 4.73. The van der Waals surface area contributed by atoms with Crippen LogP contribution in [0.2, 0.25) is 0 Å². The Hall–Kier alpha value is -0.570. The zero-order valence-electron chi connectivity index (χ0n) is 7.75. The van der Waals surface area contributed by atoms with Crippen molar-refractivity contribution in [2.45, 2.75) is 38.7 Å². The monoisotopic (exact) mass is 170 g/mol. The Morgan fingerprint density at radius 1 is 1.67 bits per heavy atom. The molecule has 3 nitrogen and oxygen atoms in total. The van der Waals surface area contributed by atoms with E-state index < -0.39 is 0 Å². The predicted octanol–water partition coefficient (Wildman–Crippen LogP) is 1.32. The highest BCUT2D eigenvalue weighted by atomic mass is 16.5. The first-order valence-electron chi connectivity index (χ1n) is 4.73. The highest BCUT2D eigenvalue weighted by Gasteiger charge is 2.14. The van der Waals surface area contributed by atoms with E-state index in [9.17, 15) is 0 Å². The molecule has 0 radical (unpaired) electrons. The van der Waals surface area contributed by atoms with Crippen molar-refractivity contribution in [2.75, 3.05) is 13.2 Å². The molecule has 0 spiro atoms. The van der Waals surface area contributed by atoms with E-state index >= 15 is 0 Å². The lowest BCUT2D eigenvalue weighted by atomic mass is 10.2. The molecule has 0 amide bonds. The summed E-state index contributed by atoms with van der Waals surface area (Å²) in [4.78, 5) is 4.22. The van der Waals surface area contributed by atoms with E-state index in [-0.39, 0.29) is 0 Å². The molecule has 1 unspecified atom stereocenters. The lowest BCUT2D eigenvalue weighted by molar-refractivity contribution is 0.106. The van der Waals surface area contributed by atoms with Gasteiger partial charge in [-0.3, -0.25) is 4.99 Å². The SMILES string of the molecule is CCC(N)=NCCC1CCCO1. The maximum absolute atomic E-state index is 5.57. The van der Waals surface area contributed by atoms with Gasteiger partial charge in [0.05, 0.1) is 11.9 Å². The van der Waals surface area contributed by atoms with Crippen LogP contribution < -0.4 is 5.73 Å². The third-order valence-corrected chi connectivity index (χ3v) is 2.15. The molecule has 0 bridgehead atoms. The molecule has 1 saturated heterocycles. The summed E-state index contributed by atoms with van der Waals surface area (Å²) >= 11 is 0. The average molecular weight is 170 g/mol. The molecule has 0 aliphatic carbocycles. The van der Waals surface area contributed by atoms with Crippen LogP contribution in [0.5, 0.6) is 0 Å². The minimum Gasteiger partial charge on any atom is -0.387 e. The molecule has 12 heavy (non-hydrogen) atoms. The fourth-order valence-electron chi connectivity index (χ4n) is 1.34. The standard InChI is InChI=1S/C9H18N2O/c1-2-9(10)11-6-5-8-4-3-7-12-8/h8H,2-7H2,1H3,(H2,10,11). The summed E-state index contributed by atoms with van der Waals surface area (Å²) < 4.78 is 5.46. The molecule has 1 atom stereocenters. The van der Waals surface area contributed by atoms with E-state index in [1.165, 1.54) is 12.8 Å². The van der Waals surface area contributed by atoms with Gasteiger partial charge in [0.2, 0.25) is 0 Å². The van der Waals surface area contributed by atoms with Gasteiger partial charge in [-0.15, -0.1) is 0 Å². The largest absolute Gasteiger partial charge is 0.387 e. The molecular formula is C9H18N2O. The smallest absolute Gasteiger partial charge is 0.0934 e. The predicted molar refractivity (Wildman–Crippen MR) is 50.4 cm³/mol. The third kappa shape index (κ3) is 3.22. The van der Waals surface area contributed by atoms with Gasteiger partial charge >= 0.3 is 0 Å². The normalized spacial score (nSPS) is 24.8. The second-order valence-corrected chi connectivity index (χ2v) is 3.15. The van der Waals surface area contributed by atoms with Gasteiger partial charge in [0, 0.05) is 19.6 Å². The van der Waals surface area contributed by atoms with Crippen molar-refractivity contribution in [3.63, 3.8) is 0 Å². The maximum Gasteiger partial charge on any atom is 0.0934 e. The first-order chi connectivity index (χ1) is 5.83. The molecule has 0 aromatic heterocycles. The van der Waals surface area contributed by atoms with Crippen molar-refractivity contribution in [2.24, 2.45) is 10.7 Å². The Bertz CT molecular complexity index is 151. The lowest BCUT2D eigenvalue weighted by Crippen LogP contribution is -2.12. The number of nitrogens with zero attached hydrogens (tertiary/aromatic N) is 1. The number of nitrogens with two attached hydrogens (primary N) is 1. The van der Waals surface area contributed by atoms with E-state index in [1.807, 2.05) is 6.92 Å². The van der Waals surface area contributed by atoms with Gasteiger partial charge in [0.1, 0.15) is 0 Å². The van der Waals surface area contributed by atoms with Crippen LogP contribution in [0.15, 0.2) is 4.99 Å². The van der Waals surface area contributed by atoms with E-state index in [4.69, 9.17) is 10.5 Å². The molecule has 70 valence electrons. The van der Waals surface area contributed by atoms with Crippen LogP contribution in [0.25, 0.3) is 0 Å². The molecule has 0 aromatic carbocycles. The van der Waals surface area contributed by atoms with E-state index in [1.54, 1.807) is 0 Å². The summed E-state index contributed by atoms with van der Waals surface area (Å²) in [7, 11) is 0. The molecule has 2 N–H and O–H groups in total. The van der Waals surface area contributed by atoms with Crippen molar-refractivity contribution in [3.05, 3.63) is 0 Å². The van der Waals surface area contributed by atoms with Crippen LogP contribution in [0.3, 0.4) is 0 Å². The summed E-state index contributed by atoms with van der Waals surface area (Å²) in [6.45, 7) is 3.77. The Balaban J connectivity index is 2.08. The van der Waals surface area contributed by atoms with Crippen LogP contribution in [0.1, 0.15) is 32.6 Å². The van der Waals surface area contributed by atoms with Gasteiger partial charge in [-0.1, -0.05) is 6.92 Å². The van der Waals surface area contributed by atoms with Gasteiger partial charge in [-0.05, 0) is 19.3 Å². The fourth-order valence-corrected chi connectivity index (χ4v) is 1.34. The van der Waals surface area contributed by atoms with Crippen LogP contribution in [0.4, 0.5) is 0 Å². The van der Waals surface area contributed by atoms with Gasteiger partial charge in [0.25, 0.3) is 0 Å². The van der Waals surface area contributed by atoms with Crippen molar-refractivity contribution in [3.8, 4) is 0 Å². The van der Waals surface area contributed by atoms with Gasteiger partial charge in [0.15, 0.2) is 0 Å². The van der Waals surface area contributed by atoms with Gasteiger partial charge in [-0.25, -0.2) is 0 Å².